The number of amides is 1. The first-order chi connectivity index (χ1) is 20.4. The zero-order valence-corrected chi connectivity index (χ0v) is 23.2. The van der Waals surface area contributed by atoms with E-state index in [4.69, 9.17) is 15.1 Å². The van der Waals surface area contributed by atoms with Gasteiger partial charge in [0.1, 0.15) is 5.58 Å². The third-order valence-electron chi connectivity index (χ3n) is 7.40. The fourth-order valence-corrected chi connectivity index (χ4v) is 5.21. The summed E-state index contributed by atoms with van der Waals surface area (Å²) < 4.78 is 8.19. The first kappa shape index (κ1) is 25.5. The van der Waals surface area contributed by atoms with Gasteiger partial charge in [-0.2, -0.15) is 9.61 Å². The molecule has 0 saturated carbocycles. The molecule has 0 bridgehead atoms. The normalized spacial score (nSPS) is 11.8. The quantitative estimate of drug-likeness (QED) is 0.221. The fraction of sp³-hybridized carbons (Fsp3) is 0.0882. The van der Waals surface area contributed by atoms with Crippen molar-refractivity contribution in [2.24, 2.45) is 5.73 Å². The number of nitrogens with zero attached hydrogens (tertiary/aromatic N) is 4. The highest BCUT2D eigenvalue weighted by Crippen LogP contribution is 2.41. The van der Waals surface area contributed by atoms with Crippen LogP contribution in [0.3, 0.4) is 0 Å². The van der Waals surface area contributed by atoms with Gasteiger partial charge in [0, 0.05) is 39.4 Å². The molecule has 7 rings (SSSR count). The van der Waals surface area contributed by atoms with Crippen molar-refractivity contribution >= 4 is 56.4 Å². The van der Waals surface area contributed by atoms with Crippen molar-refractivity contribution in [3.8, 4) is 0 Å². The van der Waals surface area contributed by atoms with Gasteiger partial charge in [0.05, 0.1) is 17.4 Å². The SMILES string of the molecule is CC(C)(N)c1ccc(C(=O)Nc2ccc(N(c3cccc4c3oc3ccccc34)c3nccc4ccnn34)cc2)cc1. The molecule has 0 unspecified atom stereocenters. The number of furan rings is 1. The predicted octanol–water partition coefficient (Wildman–Crippen LogP) is 7.54. The van der Waals surface area contributed by atoms with Crippen molar-refractivity contribution in [3.63, 3.8) is 0 Å². The zero-order chi connectivity index (χ0) is 28.8. The van der Waals surface area contributed by atoms with Gasteiger partial charge in [-0.25, -0.2) is 4.98 Å². The number of para-hydroxylation sites is 2. The summed E-state index contributed by atoms with van der Waals surface area (Å²) in [6, 6.07) is 32.9. The molecule has 3 aromatic heterocycles. The standard InChI is InChI=1S/C34H28N6O2/c1-34(2,35)23-12-10-22(11-13-23)32(41)38-24-14-16-25(17-15-24)39(33-36-20-18-26-19-21-37-40(26)33)29-8-5-7-28-27-6-3-4-9-30(27)42-31(28)29/h3-21H,35H2,1-2H3,(H,38,41). The van der Waals surface area contributed by atoms with Crippen molar-refractivity contribution in [1.29, 1.82) is 0 Å². The van der Waals surface area contributed by atoms with E-state index >= 15 is 0 Å². The van der Waals surface area contributed by atoms with E-state index in [0.717, 1.165) is 44.4 Å². The number of fused-ring (bicyclic) bond motifs is 4. The number of nitrogens with two attached hydrogens (primary N) is 1. The first-order valence-electron chi connectivity index (χ1n) is 13.7. The monoisotopic (exact) mass is 552 g/mol. The molecule has 0 aliphatic carbocycles. The summed E-state index contributed by atoms with van der Waals surface area (Å²) >= 11 is 0. The summed E-state index contributed by atoms with van der Waals surface area (Å²) in [4.78, 5) is 19.7. The second kappa shape index (κ2) is 9.87. The van der Waals surface area contributed by atoms with Gasteiger partial charge in [0.15, 0.2) is 5.58 Å². The number of benzene rings is 4. The largest absolute Gasteiger partial charge is 0.454 e. The number of hydrogen-bond acceptors (Lipinski definition) is 6. The maximum Gasteiger partial charge on any atom is 0.255 e. The maximum atomic E-state index is 13.0. The maximum absolute atomic E-state index is 13.0. The summed E-state index contributed by atoms with van der Waals surface area (Å²) in [6.07, 6.45) is 3.52. The van der Waals surface area contributed by atoms with Gasteiger partial charge in [-0.05, 0) is 80.1 Å². The number of rotatable bonds is 6. The summed E-state index contributed by atoms with van der Waals surface area (Å²) in [5.74, 6) is 0.404. The summed E-state index contributed by atoms with van der Waals surface area (Å²) in [6.45, 7) is 3.87. The molecule has 206 valence electrons. The minimum absolute atomic E-state index is 0.198. The number of carbonyl (C=O) groups excluding carboxylic acids is 1. The van der Waals surface area contributed by atoms with Crippen LogP contribution >= 0.6 is 0 Å². The van der Waals surface area contributed by atoms with Crippen molar-refractivity contribution in [2.45, 2.75) is 19.4 Å². The van der Waals surface area contributed by atoms with E-state index in [9.17, 15) is 4.79 Å². The summed E-state index contributed by atoms with van der Waals surface area (Å²) in [5, 5.41) is 9.59. The van der Waals surface area contributed by atoms with Crippen LogP contribution in [-0.4, -0.2) is 20.5 Å². The second-order valence-electron chi connectivity index (χ2n) is 10.8. The average Bonchev–Trinajstić information content (AvgIpc) is 3.64. The molecule has 0 radical (unpaired) electrons. The molecule has 0 aliphatic rings. The summed E-state index contributed by atoms with van der Waals surface area (Å²) in [7, 11) is 0. The van der Waals surface area contributed by atoms with E-state index in [1.165, 1.54) is 0 Å². The summed E-state index contributed by atoms with van der Waals surface area (Å²) in [5.41, 5.74) is 12.0. The molecule has 8 nitrogen and oxygen atoms in total. The Hall–Kier alpha value is -5.47. The Morgan fingerprint density at radius 1 is 0.857 bits per heavy atom. The van der Waals surface area contributed by atoms with Gasteiger partial charge >= 0.3 is 0 Å². The van der Waals surface area contributed by atoms with Crippen LogP contribution in [0, 0.1) is 0 Å². The van der Waals surface area contributed by atoms with Gasteiger partial charge in [0.25, 0.3) is 5.91 Å². The number of carbonyl (C=O) groups is 1. The molecule has 0 fully saturated rings. The van der Waals surface area contributed by atoms with E-state index in [1.807, 2.05) is 97.6 Å². The Labute approximate surface area is 242 Å². The van der Waals surface area contributed by atoms with E-state index in [2.05, 4.69) is 22.5 Å². The molecule has 42 heavy (non-hydrogen) atoms. The minimum Gasteiger partial charge on any atom is -0.454 e. The van der Waals surface area contributed by atoms with Crippen molar-refractivity contribution in [2.75, 3.05) is 10.2 Å². The van der Waals surface area contributed by atoms with E-state index in [1.54, 1.807) is 29.0 Å². The van der Waals surface area contributed by atoms with Crippen LogP contribution in [0.4, 0.5) is 23.0 Å². The molecular formula is C34H28N6O2. The Morgan fingerprint density at radius 2 is 1.60 bits per heavy atom. The molecule has 0 spiro atoms. The Bertz CT molecular complexity index is 2070. The third-order valence-corrected chi connectivity index (χ3v) is 7.40. The highest BCUT2D eigenvalue weighted by Gasteiger charge is 2.22. The molecule has 8 heteroatoms. The minimum atomic E-state index is -0.473. The number of anilines is 4. The second-order valence-corrected chi connectivity index (χ2v) is 10.8. The van der Waals surface area contributed by atoms with E-state index in [0.29, 0.717) is 17.2 Å². The number of hydrogen-bond donors (Lipinski definition) is 2. The van der Waals surface area contributed by atoms with Crippen molar-refractivity contribution < 1.29 is 9.21 Å². The molecule has 3 N–H and O–H groups in total. The zero-order valence-electron chi connectivity index (χ0n) is 23.2. The molecule has 3 heterocycles. The topological polar surface area (TPSA) is 102 Å². The van der Waals surface area contributed by atoms with E-state index < -0.39 is 5.54 Å². The van der Waals surface area contributed by atoms with Crippen LogP contribution in [0.2, 0.25) is 0 Å². The van der Waals surface area contributed by atoms with Gasteiger partial charge in [-0.3, -0.25) is 9.69 Å². The van der Waals surface area contributed by atoms with Gasteiger partial charge in [0.2, 0.25) is 5.95 Å². The van der Waals surface area contributed by atoms with Crippen LogP contribution in [0.5, 0.6) is 0 Å². The lowest BCUT2D eigenvalue weighted by molar-refractivity contribution is 0.102. The number of nitrogens with one attached hydrogen (secondary N) is 1. The molecule has 1 amide bonds. The Balaban J connectivity index is 1.28. The molecule has 7 aromatic rings. The molecule has 4 aromatic carbocycles. The highest BCUT2D eigenvalue weighted by atomic mass is 16.3. The fourth-order valence-electron chi connectivity index (χ4n) is 5.21. The lowest BCUT2D eigenvalue weighted by atomic mass is 9.95. The lowest BCUT2D eigenvalue weighted by Gasteiger charge is -2.24. The van der Waals surface area contributed by atoms with Crippen LogP contribution in [0.25, 0.3) is 27.5 Å². The third kappa shape index (κ3) is 4.44. The number of aromatic nitrogens is 3. The first-order valence-corrected chi connectivity index (χ1v) is 13.7. The molecule has 0 atom stereocenters. The van der Waals surface area contributed by atoms with E-state index in [-0.39, 0.29) is 5.91 Å². The molecule has 0 saturated heterocycles. The van der Waals surface area contributed by atoms with Crippen LogP contribution < -0.4 is 16.0 Å². The van der Waals surface area contributed by atoms with Crippen molar-refractivity contribution in [3.05, 3.63) is 127 Å². The highest BCUT2D eigenvalue weighted by molar-refractivity contribution is 6.10. The van der Waals surface area contributed by atoms with Crippen LogP contribution in [0.15, 0.2) is 120 Å². The van der Waals surface area contributed by atoms with Crippen LogP contribution in [-0.2, 0) is 5.54 Å². The van der Waals surface area contributed by atoms with Crippen LogP contribution in [0.1, 0.15) is 29.8 Å². The van der Waals surface area contributed by atoms with Gasteiger partial charge in [-0.1, -0.05) is 42.5 Å². The Morgan fingerprint density at radius 3 is 2.38 bits per heavy atom. The molecular weight excluding hydrogens is 524 g/mol. The average molecular weight is 553 g/mol. The smallest absolute Gasteiger partial charge is 0.255 e. The lowest BCUT2D eigenvalue weighted by Crippen LogP contribution is -2.28. The Kier molecular flexibility index (Phi) is 5.99. The molecule has 0 aliphatic heterocycles. The predicted molar refractivity (Wildman–Crippen MR) is 167 cm³/mol. The van der Waals surface area contributed by atoms with Gasteiger partial charge < -0.3 is 15.5 Å². The van der Waals surface area contributed by atoms with Gasteiger partial charge in [-0.15, -0.1) is 0 Å². The van der Waals surface area contributed by atoms with Crippen molar-refractivity contribution in [1.82, 2.24) is 14.6 Å².